The Morgan fingerprint density at radius 1 is 1.18 bits per heavy atom. The molecule has 5 nitrogen and oxygen atoms in total. The van der Waals surface area contributed by atoms with Gasteiger partial charge in [0.15, 0.2) is 0 Å². The molecule has 0 saturated heterocycles. The number of hydrogen-bond acceptors (Lipinski definition) is 4. The molecule has 1 unspecified atom stereocenters. The molecule has 1 atom stereocenters. The van der Waals surface area contributed by atoms with Crippen LogP contribution in [0.3, 0.4) is 0 Å². The molecule has 28 heavy (non-hydrogen) atoms. The zero-order valence-electron chi connectivity index (χ0n) is 16.1. The van der Waals surface area contributed by atoms with Gasteiger partial charge >= 0.3 is 0 Å². The third-order valence-electron chi connectivity index (χ3n) is 4.43. The number of nitrogens with one attached hydrogen (secondary N) is 1. The van der Waals surface area contributed by atoms with Crippen LogP contribution in [0, 0.1) is 6.92 Å². The summed E-state index contributed by atoms with van der Waals surface area (Å²) in [6.07, 6.45) is 0. The van der Waals surface area contributed by atoms with Crippen molar-refractivity contribution in [3.05, 3.63) is 82.8 Å². The number of methoxy groups -OCH3 is 1. The Kier molecular flexibility index (Phi) is 6.39. The maximum Gasteiger partial charge on any atom is 0.246 e. The lowest BCUT2D eigenvalue weighted by Gasteiger charge is -2.27. The van der Waals surface area contributed by atoms with Gasteiger partial charge in [-0.2, -0.15) is 0 Å². The monoisotopic (exact) mass is 398 g/mol. The lowest BCUT2D eigenvalue weighted by molar-refractivity contribution is -0.121. The van der Waals surface area contributed by atoms with Crippen molar-refractivity contribution in [1.82, 2.24) is 4.90 Å². The van der Waals surface area contributed by atoms with Crippen molar-refractivity contribution < 1.29 is 13.9 Å². The average Bonchev–Trinajstić information content (AvgIpc) is 3.07. The Labute approximate surface area is 169 Å². The highest BCUT2D eigenvalue weighted by atomic mass is 35.5. The molecule has 0 aliphatic heterocycles. The standard InChI is InChI=1S/C22H23ClN2O3/c1-15-9-11-18(28-15)14-25(2)21(16-7-5-4-6-8-16)22(26)24-17-10-12-20(27-3)19(23)13-17/h4-13,21H,14H2,1-3H3,(H,24,26). The lowest BCUT2D eigenvalue weighted by atomic mass is 10.0. The van der Waals surface area contributed by atoms with Crippen molar-refractivity contribution in [2.24, 2.45) is 0 Å². The fourth-order valence-corrected chi connectivity index (χ4v) is 3.36. The highest BCUT2D eigenvalue weighted by Gasteiger charge is 2.26. The van der Waals surface area contributed by atoms with E-state index >= 15 is 0 Å². The van der Waals surface area contributed by atoms with Gasteiger partial charge in [-0.3, -0.25) is 9.69 Å². The van der Waals surface area contributed by atoms with Gasteiger partial charge in [0.1, 0.15) is 23.3 Å². The van der Waals surface area contributed by atoms with E-state index in [-0.39, 0.29) is 5.91 Å². The Bertz CT molecular complexity index is 940. The number of amides is 1. The number of halogens is 1. The second-order valence-corrected chi connectivity index (χ2v) is 6.99. The minimum atomic E-state index is -0.493. The summed E-state index contributed by atoms with van der Waals surface area (Å²) in [5, 5.41) is 3.39. The van der Waals surface area contributed by atoms with Gasteiger partial charge in [0.25, 0.3) is 0 Å². The van der Waals surface area contributed by atoms with E-state index in [0.29, 0.717) is 23.0 Å². The summed E-state index contributed by atoms with van der Waals surface area (Å²) >= 11 is 6.18. The maximum absolute atomic E-state index is 13.2. The molecule has 1 aromatic heterocycles. The van der Waals surface area contributed by atoms with Crippen molar-refractivity contribution in [2.75, 3.05) is 19.5 Å². The van der Waals surface area contributed by atoms with Crippen molar-refractivity contribution in [2.45, 2.75) is 19.5 Å². The van der Waals surface area contributed by atoms with Gasteiger partial charge in [0.2, 0.25) is 5.91 Å². The number of carbonyl (C=O) groups excluding carboxylic acids is 1. The number of benzene rings is 2. The first kappa shape index (κ1) is 20.0. The summed E-state index contributed by atoms with van der Waals surface area (Å²) in [6, 6.07) is 18.2. The highest BCUT2D eigenvalue weighted by molar-refractivity contribution is 6.32. The van der Waals surface area contributed by atoms with Crippen LogP contribution in [0.4, 0.5) is 5.69 Å². The van der Waals surface area contributed by atoms with Crippen molar-refractivity contribution >= 4 is 23.2 Å². The molecular weight excluding hydrogens is 376 g/mol. The number of anilines is 1. The van der Waals surface area contributed by atoms with Crippen LogP contribution in [0.15, 0.2) is 65.1 Å². The van der Waals surface area contributed by atoms with Gasteiger partial charge in [-0.1, -0.05) is 41.9 Å². The number of aryl methyl sites for hydroxylation is 1. The van der Waals surface area contributed by atoms with Gasteiger partial charge in [-0.25, -0.2) is 0 Å². The predicted molar refractivity (Wildman–Crippen MR) is 111 cm³/mol. The molecule has 3 aromatic rings. The Balaban J connectivity index is 1.83. The first-order chi connectivity index (χ1) is 13.5. The van der Waals surface area contributed by atoms with Crippen LogP contribution >= 0.6 is 11.6 Å². The molecule has 0 bridgehead atoms. The number of rotatable bonds is 7. The summed E-state index contributed by atoms with van der Waals surface area (Å²) in [4.78, 5) is 15.1. The molecule has 0 radical (unpaired) electrons. The largest absolute Gasteiger partial charge is 0.495 e. The molecule has 0 saturated carbocycles. The van der Waals surface area contributed by atoms with Crippen LogP contribution in [0.25, 0.3) is 0 Å². The molecule has 146 valence electrons. The maximum atomic E-state index is 13.2. The van der Waals surface area contributed by atoms with Crippen molar-refractivity contribution in [3.63, 3.8) is 0 Å². The van der Waals surface area contributed by atoms with E-state index in [0.717, 1.165) is 17.1 Å². The van der Waals surface area contributed by atoms with E-state index in [9.17, 15) is 4.79 Å². The van der Waals surface area contributed by atoms with Crippen LogP contribution in [0.1, 0.15) is 23.1 Å². The van der Waals surface area contributed by atoms with Crippen LogP contribution in [0.2, 0.25) is 5.02 Å². The van der Waals surface area contributed by atoms with Gasteiger partial charge in [-0.15, -0.1) is 0 Å². The molecule has 0 aliphatic rings. The lowest BCUT2D eigenvalue weighted by Crippen LogP contribution is -2.34. The molecule has 3 rings (SSSR count). The fourth-order valence-electron chi connectivity index (χ4n) is 3.10. The Hall–Kier alpha value is -2.76. The normalized spacial score (nSPS) is 12.0. The summed E-state index contributed by atoms with van der Waals surface area (Å²) in [5.74, 6) is 2.06. The van der Waals surface area contributed by atoms with Crippen LogP contribution in [-0.4, -0.2) is 25.0 Å². The quantitative estimate of drug-likeness (QED) is 0.604. The SMILES string of the molecule is COc1ccc(NC(=O)C(c2ccccc2)N(C)Cc2ccc(C)o2)cc1Cl. The summed E-state index contributed by atoms with van der Waals surface area (Å²) in [7, 11) is 3.45. The van der Waals surface area contributed by atoms with E-state index < -0.39 is 6.04 Å². The Morgan fingerprint density at radius 2 is 1.93 bits per heavy atom. The van der Waals surface area contributed by atoms with Gasteiger partial charge in [-0.05, 0) is 49.9 Å². The summed E-state index contributed by atoms with van der Waals surface area (Å²) in [5.41, 5.74) is 1.50. The van der Waals surface area contributed by atoms with E-state index in [2.05, 4.69) is 5.32 Å². The van der Waals surface area contributed by atoms with Gasteiger partial charge in [0, 0.05) is 5.69 Å². The van der Waals surface area contributed by atoms with Crippen LogP contribution < -0.4 is 10.1 Å². The van der Waals surface area contributed by atoms with Gasteiger partial charge in [0.05, 0.1) is 18.7 Å². The number of carbonyl (C=O) groups is 1. The van der Waals surface area contributed by atoms with Crippen molar-refractivity contribution in [3.8, 4) is 5.75 Å². The topological polar surface area (TPSA) is 54.7 Å². The van der Waals surface area contributed by atoms with E-state index in [1.807, 2.05) is 61.3 Å². The summed E-state index contributed by atoms with van der Waals surface area (Å²) < 4.78 is 10.8. The number of ether oxygens (including phenoxy) is 1. The zero-order valence-corrected chi connectivity index (χ0v) is 16.9. The molecule has 1 heterocycles. The third-order valence-corrected chi connectivity index (χ3v) is 4.72. The number of nitrogens with zero attached hydrogens (tertiary/aromatic N) is 1. The second kappa shape index (κ2) is 8.95. The molecular formula is C22H23ClN2O3. The van der Waals surface area contributed by atoms with Gasteiger partial charge < -0.3 is 14.5 Å². The first-order valence-electron chi connectivity index (χ1n) is 8.93. The number of furan rings is 1. The molecule has 0 fully saturated rings. The molecule has 2 aromatic carbocycles. The molecule has 0 spiro atoms. The Morgan fingerprint density at radius 3 is 2.54 bits per heavy atom. The molecule has 1 N–H and O–H groups in total. The third kappa shape index (κ3) is 4.74. The van der Waals surface area contributed by atoms with Crippen LogP contribution in [-0.2, 0) is 11.3 Å². The average molecular weight is 399 g/mol. The fraction of sp³-hybridized carbons (Fsp3) is 0.227. The van der Waals surface area contributed by atoms with E-state index in [1.54, 1.807) is 25.3 Å². The van der Waals surface area contributed by atoms with Crippen molar-refractivity contribution in [1.29, 1.82) is 0 Å². The molecule has 6 heteroatoms. The number of likely N-dealkylation sites (N-methyl/N-ethyl adjacent to an activating group) is 1. The minimum Gasteiger partial charge on any atom is -0.495 e. The summed E-state index contributed by atoms with van der Waals surface area (Å²) in [6.45, 7) is 2.41. The number of hydrogen-bond donors (Lipinski definition) is 1. The first-order valence-corrected chi connectivity index (χ1v) is 9.30. The van der Waals surface area contributed by atoms with E-state index in [1.165, 1.54) is 0 Å². The highest BCUT2D eigenvalue weighted by Crippen LogP contribution is 2.29. The van der Waals surface area contributed by atoms with E-state index in [4.69, 9.17) is 20.8 Å². The minimum absolute atomic E-state index is 0.154. The molecule has 1 amide bonds. The predicted octanol–water partition coefficient (Wildman–Crippen LogP) is 5.06. The smallest absolute Gasteiger partial charge is 0.246 e. The zero-order chi connectivity index (χ0) is 20.1. The molecule has 0 aliphatic carbocycles. The van der Waals surface area contributed by atoms with Crippen LogP contribution in [0.5, 0.6) is 5.75 Å². The second-order valence-electron chi connectivity index (χ2n) is 6.58.